The topological polar surface area (TPSA) is 80.7 Å². The van der Waals surface area contributed by atoms with Gasteiger partial charge in [-0.25, -0.2) is 0 Å². The maximum atomic E-state index is 10.6. The van der Waals surface area contributed by atoms with Crippen LogP contribution in [0.3, 0.4) is 0 Å². The van der Waals surface area contributed by atoms with E-state index in [4.69, 9.17) is 9.29 Å². The summed E-state index contributed by atoms with van der Waals surface area (Å²) in [5.74, 6) is -0.291. The van der Waals surface area contributed by atoms with E-state index in [2.05, 4.69) is 12.2 Å². The summed E-state index contributed by atoms with van der Waals surface area (Å²) < 4.78 is 34.7. The Bertz CT molecular complexity index is 471. The van der Waals surface area contributed by atoms with Crippen molar-refractivity contribution in [2.45, 2.75) is 103 Å². The normalized spacial score (nSPS) is 11.9. The lowest BCUT2D eigenvalue weighted by molar-refractivity contribution is -0.141. The van der Waals surface area contributed by atoms with Crippen LogP contribution < -0.4 is 0 Å². The molecule has 0 aromatic carbocycles. The second-order valence-electron chi connectivity index (χ2n) is 7.27. The van der Waals surface area contributed by atoms with E-state index in [1.54, 1.807) is 0 Å². The summed E-state index contributed by atoms with van der Waals surface area (Å²) in [5, 5.41) is 0. The first kappa shape index (κ1) is 26.1. The Morgan fingerprint density at radius 3 is 1.59 bits per heavy atom. The van der Waals surface area contributed by atoms with Gasteiger partial charge in [-0.05, 0) is 44.9 Å². The average molecular weight is 405 g/mol. The fraction of sp³-hybridized carbons (Fsp3) is 0.857. The minimum Gasteiger partial charge on any atom is -0.466 e. The molecular weight excluding hydrogens is 364 g/mol. The van der Waals surface area contributed by atoms with Gasteiger partial charge in [-0.1, -0.05) is 63.5 Å². The lowest BCUT2D eigenvalue weighted by Gasteiger charge is -2.02. The van der Waals surface area contributed by atoms with E-state index in [0.717, 1.165) is 44.9 Å². The van der Waals surface area contributed by atoms with Crippen molar-refractivity contribution in [1.29, 1.82) is 0 Å². The van der Waals surface area contributed by atoms with Crippen LogP contribution in [0.25, 0.3) is 0 Å². The fourth-order valence-electron chi connectivity index (χ4n) is 2.95. The molecule has 0 fully saturated rings. The molecule has 0 aliphatic rings. The van der Waals surface area contributed by atoms with Crippen molar-refractivity contribution < 1.29 is 22.5 Å². The average Bonchev–Trinajstić information content (AvgIpc) is 2.58. The number of hydrogen-bond acceptors (Lipinski definition) is 4. The van der Waals surface area contributed by atoms with Crippen LogP contribution in [0.2, 0.25) is 0 Å². The third-order valence-electron chi connectivity index (χ3n) is 4.51. The maximum absolute atomic E-state index is 10.6. The third-order valence-corrected chi connectivity index (χ3v) is 5.31. The highest BCUT2D eigenvalue weighted by molar-refractivity contribution is 7.85. The van der Waals surface area contributed by atoms with Gasteiger partial charge in [0.05, 0.1) is 12.4 Å². The van der Waals surface area contributed by atoms with E-state index >= 15 is 0 Å². The van der Waals surface area contributed by atoms with Gasteiger partial charge in [0.25, 0.3) is 10.1 Å². The zero-order chi connectivity index (χ0) is 20.2. The molecule has 0 saturated carbocycles. The molecule has 27 heavy (non-hydrogen) atoms. The number of esters is 1. The summed E-state index contributed by atoms with van der Waals surface area (Å²) in [6.45, 7) is 2.00. The second-order valence-corrected chi connectivity index (χ2v) is 8.84. The molecule has 0 aliphatic heterocycles. The van der Waals surface area contributed by atoms with Gasteiger partial charge in [0, 0.05) is 6.92 Å². The molecule has 0 amide bonds. The van der Waals surface area contributed by atoms with Crippen LogP contribution in [0.4, 0.5) is 0 Å². The molecule has 5 nitrogen and oxygen atoms in total. The summed E-state index contributed by atoms with van der Waals surface area (Å²) in [7, 11) is -3.77. The predicted octanol–water partition coefficient (Wildman–Crippen LogP) is 5.85. The van der Waals surface area contributed by atoms with Gasteiger partial charge < -0.3 is 4.74 Å². The molecule has 0 aliphatic carbocycles. The third kappa shape index (κ3) is 25.1. The Kier molecular flexibility index (Phi) is 17.9. The van der Waals surface area contributed by atoms with Crippen LogP contribution in [0.1, 0.15) is 103 Å². The molecule has 0 saturated heterocycles. The van der Waals surface area contributed by atoms with Gasteiger partial charge in [0.1, 0.15) is 0 Å². The number of ether oxygens (including phenoxy) is 1. The maximum Gasteiger partial charge on any atom is 0.302 e. The van der Waals surface area contributed by atoms with E-state index in [0.29, 0.717) is 13.0 Å². The second kappa shape index (κ2) is 18.5. The van der Waals surface area contributed by atoms with E-state index in [1.807, 2.05) is 0 Å². The van der Waals surface area contributed by atoms with E-state index in [1.165, 1.54) is 51.9 Å². The van der Waals surface area contributed by atoms with Crippen LogP contribution in [0.5, 0.6) is 0 Å². The van der Waals surface area contributed by atoms with Gasteiger partial charge in [-0.3, -0.25) is 9.35 Å². The minimum atomic E-state index is -3.77. The lowest BCUT2D eigenvalue weighted by atomic mass is 10.1. The summed E-state index contributed by atoms with van der Waals surface area (Å²) >= 11 is 0. The number of hydrogen-bond donors (Lipinski definition) is 1. The molecule has 0 atom stereocenters. The predicted molar refractivity (Wildman–Crippen MR) is 111 cm³/mol. The summed E-state index contributed by atoms with van der Waals surface area (Å²) in [6, 6.07) is 0. The molecule has 0 aromatic heterocycles. The largest absolute Gasteiger partial charge is 0.466 e. The zero-order valence-electron chi connectivity index (χ0n) is 17.2. The molecule has 0 bridgehead atoms. The van der Waals surface area contributed by atoms with Crippen LogP contribution in [0, 0.1) is 0 Å². The molecule has 0 spiro atoms. The van der Waals surface area contributed by atoms with Crippen LogP contribution >= 0.6 is 0 Å². The van der Waals surface area contributed by atoms with Gasteiger partial charge >= 0.3 is 5.97 Å². The number of rotatable bonds is 19. The van der Waals surface area contributed by atoms with Gasteiger partial charge in [0.15, 0.2) is 0 Å². The molecule has 0 rings (SSSR count). The fourth-order valence-corrected chi connectivity index (χ4v) is 3.52. The van der Waals surface area contributed by atoms with Crippen molar-refractivity contribution in [2.24, 2.45) is 0 Å². The molecular formula is C21H40O5S. The highest BCUT2D eigenvalue weighted by Gasteiger charge is 2.02. The van der Waals surface area contributed by atoms with Crippen molar-refractivity contribution in [2.75, 3.05) is 12.4 Å². The number of carbonyl (C=O) groups is 1. The molecule has 0 heterocycles. The van der Waals surface area contributed by atoms with E-state index < -0.39 is 10.1 Å². The number of carbonyl (C=O) groups excluding carboxylic acids is 1. The number of unbranched alkanes of at least 4 members (excludes halogenated alkanes) is 13. The van der Waals surface area contributed by atoms with Crippen molar-refractivity contribution in [3.8, 4) is 0 Å². The summed E-state index contributed by atoms with van der Waals surface area (Å²) in [5.41, 5.74) is 0. The molecule has 0 radical (unpaired) electrons. The summed E-state index contributed by atoms with van der Waals surface area (Å²) in [4.78, 5) is 10.6. The Balaban J connectivity index is 3.15. The van der Waals surface area contributed by atoms with Gasteiger partial charge in [-0.15, -0.1) is 0 Å². The first-order chi connectivity index (χ1) is 12.9. The van der Waals surface area contributed by atoms with E-state index in [9.17, 15) is 13.2 Å². The van der Waals surface area contributed by atoms with Crippen LogP contribution in [-0.2, 0) is 19.6 Å². The molecule has 0 aromatic rings. The smallest absolute Gasteiger partial charge is 0.302 e. The van der Waals surface area contributed by atoms with E-state index in [-0.39, 0.29) is 11.7 Å². The van der Waals surface area contributed by atoms with Crippen molar-refractivity contribution in [3.05, 3.63) is 12.2 Å². The van der Waals surface area contributed by atoms with Crippen molar-refractivity contribution >= 4 is 16.1 Å². The van der Waals surface area contributed by atoms with Crippen LogP contribution in [-0.4, -0.2) is 31.3 Å². The Morgan fingerprint density at radius 2 is 1.15 bits per heavy atom. The standard InChI is InChI=1S/C21H40O5S/c1-21(22)26-19-17-15-13-11-9-7-5-3-2-4-6-8-10-12-14-16-18-20-27(23,24)25/h7,9H,2-6,8,10-20H2,1H3,(H,23,24,25). The summed E-state index contributed by atoms with van der Waals surface area (Å²) in [6.07, 6.45) is 21.4. The van der Waals surface area contributed by atoms with Crippen molar-refractivity contribution in [3.63, 3.8) is 0 Å². The van der Waals surface area contributed by atoms with Crippen molar-refractivity contribution in [1.82, 2.24) is 0 Å². The minimum absolute atomic E-state index is 0.0997. The van der Waals surface area contributed by atoms with Gasteiger partial charge in [0.2, 0.25) is 0 Å². The Labute approximate surface area is 166 Å². The zero-order valence-corrected chi connectivity index (χ0v) is 18.0. The SMILES string of the molecule is CC(=O)OCCCCCC=CCCCCCCCCCCCCS(=O)(=O)O. The van der Waals surface area contributed by atoms with Gasteiger partial charge in [-0.2, -0.15) is 8.42 Å². The quantitative estimate of drug-likeness (QED) is 0.126. The molecule has 160 valence electrons. The first-order valence-electron chi connectivity index (χ1n) is 10.7. The van der Waals surface area contributed by atoms with Crippen LogP contribution in [0.15, 0.2) is 12.2 Å². The molecule has 1 N–H and O–H groups in total. The monoisotopic (exact) mass is 404 g/mol. The highest BCUT2D eigenvalue weighted by Crippen LogP contribution is 2.12. The first-order valence-corrected chi connectivity index (χ1v) is 12.3. The lowest BCUT2D eigenvalue weighted by Crippen LogP contribution is -2.03. The molecule has 0 unspecified atom stereocenters. The highest BCUT2D eigenvalue weighted by atomic mass is 32.2. The molecule has 6 heteroatoms. The Hall–Kier alpha value is -0.880. The Morgan fingerprint density at radius 1 is 0.741 bits per heavy atom. The number of allylic oxidation sites excluding steroid dienone is 2.